The minimum absolute atomic E-state index is 0.128. The van der Waals surface area contributed by atoms with Gasteiger partial charge in [0.25, 0.3) is 0 Å². The summed E-state index contributed by atoms with van der Waals surface area (Å²) in [6.45, 7) is 2.05. The molecule has 6 aromatic rings. The van der Waals surface area contributed by atoms with E-state index in [4.69, 9.17) is 14.2 Å². The Labute approximate surface area is 275 Å². The van der Waals surface area contributed by atoms with Gasteiger partial charge in [-0.15, -0.1) is 21.5 Å². The first kappa shape index (κ1) is 30.9. The molecular weight excluding hydrogens is 619 g/mol. The number of nitrogens with zero attached hydrogens (tertiary/aromatic N) is 4. The molecule has 1 amide bonds. The van der Waals surface area contributed by atoms with Crippen molar-refractivity contribution in [3.8, 4) is 39.9 Å². The molecule has 0 saturated carbocycles. The van der Waals surface area contributed by atoms with Gasteiger partial charge in [0.2, 0.25) is 5.91 Å². The highest BCUT2D eigenvalue weighted by Gasteiger charge is 2.18. The molecule has 11 heteroatoms. The molecule has 0 unspecified atom stereocenters. The van der Waals surface area contributed by atoms with E-state index in [-0.39, 0.29) is 11.7 Å². The Morgan fingerprint density at radius 2 is 1.61 bits per heavy atom. The highest BCUT2D eigenvalue weighted by Crippen LogP contribution is 2.31. The fraction of sp³-hybridized carbons (Fsp3) is 0.143. The lowest BCUT2D eigenvalue weighted by atomic mass is 10.1. The van der Waals surface area contributed by atoms with Crippen molar-refractivity contribution in [3.05, 3.63) is 119 Å². The summed E-state index contributed by atoms with van der Waals surface area (Å²) in [6.07, 6.45) is 0.475. The molecule has 9 nitrogen and oxygen atoms in total. The van der Waals surface area contributed by atoms with Gasteiger partial charge >= 0.3 is 0 Å². The number of ether oxygens (including phenoxy) is 3. The summed E-state index contributed by atoms with van der Waals surface area (Å²) in [7, 11) is 3.22. The number of methoxy groups -OCH3 is 2. The van der Waals surface area contributed by atoms with Gasteiger partial charge in [-0.3, -0.25) is 9.36 Å². The number of nitrogens with one attached hydrogen (secondary N) is 1. The summed E-state index contributed by atoms with van der Waals surface area (Å²) >= 11 is 2.70. The third kappa shape index (κ3) is 7.39. The highest BCUT2D eigenvalue weighted by atomic mass is 32.2. The number of hydrogen-bond acceptors (Lipinski definition) is 9. The first-order chi connectivity index (χ1) is 22.5. The van der Waals surface area contributed by atoms with Crippen molar-refractivity contribution in [2.45, 2.75) is 18.5 Å². The predicted molar refractivity (Wildman–Crippen MR) is 182 cm³/mol. The number of aromatic nitrogens is 4. The van der Waals surface area contributed by atoms with Crippen LogP contribution in [0, 0.1) is 6.92 Å². The number of para-hydroxylation sites is 1. The molecular formula is C35H31N5O4S2. The molecule has 0 aliphatic carbocycles. The fourth-order valence-electron chi connectivity index (χ4n) is 4.70. The monoisotopic (exact) mass is 649 g/mol. The van der Waals surface area contributed by atoms with E-state index in [9.17, 15) is 4.79 Å². The molecule has 0 fully saturated rings. The van der Waals surface area contributed by atoms with Gasteiger partial charge < -0.3 is 19.5 Å². The van der Waals surface area contributed by atoms with Crippen molar-refractivity contribution in [1.82, 2.24) is 19.7 Å². The van der Waals surface area contributed by atoms with Crippen LogP contribution < -0.4 is 19.5 Å². The topological polar surface area (TPSA) is 100 Å². The number of carbonyl (C=O) groups excluding carboxylic acids is 1. The van der Waals surface area contributed by atoms with Crippen LogP contribution >= 0.6 is 23.1 Å². The first-order valence-corrected chi connectivity index (χ1v) is 16.3. The second-order valence-corrected chi connectivity index (χ2v) is 12.1. The third-order valence-corrected chi connectivity index (χ3v) is 8.70. The summed E-state index contributed by atoms with van der Waals surface area (Å²) in [5, 5.41) is 15.0. The van der Waals surface area contributed by atoms with Crippen LogP contribution in [0.1, 0.15) is 17.0 Å². The Balaban J connectivity index is 1.21. The lowest BCUT2D eigenvalue weighted by Crippen LogP contribution is -2.14. The van der Waals surface area contributed by atoms with E-state index in [1.807, 2.05) is 114 Å². The van der Waals surface area contributed by atoms with Crippen LogP contribution in [0.4, 0.5) is 5.13 Å². The molecule has 46 heavy (non-hydrogen) atoms. The molecule has 0 atom stereocenters. The van der Waals surface area contributed by atoms with Crippen molar-refractivity contribution in [2.24, 2.45) is 0 Å². The smallest absolute Gasteiger partial charge is 0.236 e. The van der Waals surface area contributed by atoms with Crippen LogP contribution in [-0.4, -0.2) is 45.6 Å². The van der Waals surface area contributed by atoms with Gasteiger partial charge in [0.1, 0.15) is 17.3 Å². The maximum atomic E-state index is 13.0. The SMILES string of the molecule is COc1ccc(Cc2nnc(SCC(=O)Nc3nc(-c4ccc(C)cc4)cs3)n2-c2ccc(Oc3ccccc3)cc2)cc1OC. The average Bonchev–Trinajstić information content (AvgIpc) is 3.72. The molecule has 0 radical (unpaired) electrons. The van der Waals surface area contributed by atoms with Crippen molar-refractivity contribution in [2.75, 3.05) is 25.3 Å². The minimum Gasteiger partial charge on any atom is -0.493 e. The summed E-state index contributed by atoms with van der Waals surface area (Å²) in [4.78, 5) is 17.6. The normalized spacial score (nSPS) is 10.8. The highest BCUT2D eigenvalue weighted by molar-refractivity contribution is 7.99. The number of thioether (sulfide) groups is 1. The molecule has 0 aliphatic rings. The largest absolute Gasteiger partial charge is 0.493 e. The molecule has 0 bridgehead atoms. The van der Waals surface area contributed by atoms with E-state index in [1.54, 1.807) is 14.2 Å². The van der Waals surface area contributed by atoms with Crippen molar-refractivity contribution in [1.29, 1.82) is 0 Å². The third-order valence-electron chi connectivity index (χ3n) is 7.01. The Hall–Kier alpha value is -5.13. The molecule has 1 N–H and O–H groups in total. The Bertz CT molecular complexity index is 1920. The fourth-order valence-corrected chi connectivity index (χ4v) is 6.21. The molecule has 2 heterocycles. The van der Waals surface area contributed by atoms with Crippen LogP contribution in [0.25, 0.3) is 16.9 Å². The van der Waals surface area contributed by atoms with E-state index in [0.29, 0.717) is 39.8 Å². The zero-order chi connectivity index (χ0) is 31.9. The number of carbonyl (C=O) groups is 1. The summed E-state index contributed by atoms with van der Waals surface area (Å²) in [6, 6.07) is 31.2. The van der Waals surface area contributed by atoms with Gasteiger partial charge in [0.05, 0.1) is 25.7 Å². The van der Waals surface area contributed by atoms with Crippen LogP contribution in [0.3, 0.4) is 0 Å². The number of thiazole rings is 1. The maximum Gasteiger partial charge on any atom is 0.236 e. The van der Waals surface area contributed by atoms with Crippen LogP contribution in [0.2, 0.25) is 0 Å². The van der Waals surface area contributed by atoms with Gasteiger partial charge in [-0.05, 0) is 61.0 Å². The zero-order valence-corrected chi connectivity index (χ0v) is 27.1. The lowest BCUT2D eigenvalue weighted by molar-refractivity contribution is -0.113. The first-order valence-electron chi connectivity index (χ1n) is 14.4. The average molecular weight is 650 g/mol. The van der Waals surface area contributed by atoms with Crippen LogP contribution in [0.15, 0.2) is 108 Å². The van der Waals surface area contributed by atoms with Gasteiger partial charge in [-0.25, -0.2) is 4.98 Å². The zero-order valence-electron chi connectivity index (χ0n) is 25.5. The maximum absolute atomic E-state index is 13.0. The number of benzene rings is 4. The van der Waals surface area contributed by atoms with E-state index < -0.39 is 0 Å². The number of hydrogen-bond donors (Lipinski definition) is 1. The Morgan fingerprint density at radius 1 is 0.870 bits per heavy atom. The molecule has 0 aliphatic heterocycles. The minimum atomic E-state index is -0.183. The van der Waals surface area contributed by atoms with Gasteiger partial charge in [-0.1, -0.05) is 65.9 Å². The molecule has 4 aromatic carbocycles. The van der Waals surface area contributed by atoms with E-state index in [2.05, 4.69) is 20.5 Å². The molecule has 232 valence electrons. The summed E-state index contributed by atoms with van der Waals surface area (Å²) in [5.74, 6) is 3.38. The summed E-state index contributed by atoms with van der Waals surface area (Å²) < 4.78 is 18.9. The van der Waals surface area contributed by atoms with Crippen molar-refractivity contribution < 1.29 is 19.0 Å². The quantitative estimate of drug-likeness (QED) is 0.134. The van der Waals surface area contributed by atoms with E-state index in [1.165, 1.54) is 28.7 Å². The van der Waals surface area contributed by atoms with Gasteiger partial charge in [-0.2, -0.15) is 0 Å². The Morgan fingerprint density at radius 3 is 2.35 bits per heavy atom. The standard InChI is InChI=1S/C35H31N5O4S2/c1-23-9-12-25(13-10-23)29-21-45-34(36-29)37-33(41)22-46-35-39-38-32(20-24-11-18-30(42-2)31(19-24)43-3)40(35)26-14-16-28(17-15-26)44-27-7-5-4-6-8-27/h4-19,21H,20,22H2,1-3H3,(H,36,37,41). The lowest BCUT2D eigenvalue weighted by Gasteiger charge is -2.13. The van der Waals surface area contributed by atoms with Crippen LogP contribution in [-0.2, 0) is 11.2 Å². The molecule has 2 aromatic heterocycles. The molecule has 0 spiro atoms. The van der Waals surface area contributed by atoms with Crippen molar-refractivity contribution in [3.63, 3.8) is 0 Å². The van der Waals surface area contributed by atoms with Gasteiger partial charge in [0, 0.05) is 23.1 Å². The van der Waals surface area contributed by atoms with E-state index >= 15 is 0 Å². The van der Waals surface area contributed by atoms with E-state index in [0.717, 1.165) is 28.3 Å². The second kappa shape index (κ2) is 14.3. The Kier molecular flexibility index (Phi) is 9.61. The summed E-state index contributed by atoms with van der Waals surface area (Å²) in [5.41, 5.74) is 4.82. The second-order valence-electron chi connectivity index (χ2n) is 10.3. The number of aryl methyl sites for hydroxylation is 1. The molecule has 6 rings (SSSR count). The molecule has 0 saturated heterocycles. The van der Waals surface area contributed by atoms with Crippen molar-refractivity contribution >= 4 is 34.1 Å². The van der Waals surface area contributed by atoms with Crippen LogP contribution in [0.5, 0.6) is 23.0 Å². The predicted octanol–water partition coefficient (Wildman–Crippen LogP) is 7.83. The van der Waals surface area contributed by atoms with Gasteiger partial charge in [0.15, 0.2) is 21.8 Å². The number of rotatable bonds is 12. The number of anilines is 1. The number of amides is 1.